The molecule has 0 bridgehead atoms. The SMILES string of the molecule is CCN(CC)CCCCCCCCCCC=CCCCCCCCCOCCCCCCCCC=CCCCCCCCCCCN(CC)CC. The fraction of sp³-hybridized carbons (Fsp3) is 0.917. The highest BCUT2D eigenvalue weighted by molar-refractivity contribution is 4.82. The first kappa shape index (κ1) is 50.4. The number of hydrogen-bond acceptors (Lipinski definition) is 3. The predicted octanol–water partition coefficient (Wildman–Crippen LogP) is 15.3. The lowest BCUT2D eigenvalue weighted by molar-refractivity contribution is 0.125. The van der Waals surface area contributed by atoms with Crippen molar-refractivity contribution in [3.63, 3.8) is 0 Å². The summed E-state index contributed by atoms with van der Waals surface area (Å²) in [6.45, 7) is 18.5. The van der Waals surface area contributed by atoms with Crippen molar-refractivity contribution >= 4 is 0 Å². The van der Waals surface area contributed by atoms with Gasteiger partial charge in [0, 0.05) is 13.2 Å². The lowest BCUT2D eigenvalue weighted by Crippen LogP contribution is -2.23. The maximum absolute atomic E-state index is 5.91. The molecule has 51 heavy (non-hydrogen) atoms. The quantitative estimate of drug-likeness (QED) is 0.0461. The van der Waals surface area contributed by atoms with Gasteiger partial charge < -0.3 is 14.5 Å². The number of hydrogen-bond donors (Lipinski definition) is 0. The van der Waals surface area contributed by atoms with Gasteiger partial charge in [-0.15, -0.1) is 0 Å². The predicted molar refractivity (Wildman–Crippen MR) is 232 cm³/mol. The second-order valence-electron chi connectivity index (χ2n) is 15.7. The molecule has 3 heteroatoms. The van der Waals surface area contributed by atoms with Crippen molar-refractivity contribution in [3.05, 3.63) is 24.3 Å². The summed E-state index contributed by atoms with van der Waals surface area (Å²) in [5.41, 5.74) is 0. The maximum Gasteiger partial charge on any atom is 0.0466 e. The van der Waals surface area contributed by atoms with Gasteiger partial charge in [-0.05, 0) is 116 Å². The van der Waals surface area contributed by atoms with Gasteiger partial charge in [0.15, 0.2) is 0 Å². The van der Waals surface area contributed by atoms with Crippen molar-refractivity contribution in [2.24, 2.45) is 0 Å². The van der Waals surface area contributed by atoms with Gasteiger partial charge >= 0.3 is 0 Å². The molecular formula is C48H96N2O. The number of rotatable bonds is 44. The zero-order valence-electron chi connectivity index (χ0n) is 35.9. The van der Waals surface area contributed by atoms with Crippen LogP contribution in [0.15, 0.2) is 24.3 Å². The number of ether oxygens (including phenoxy) is 1. The van der Waals surface area contributed by atoms with Gasteiger partial charge in [-0.2, -0.15) is 0 Å². The minimum Gasteiger partial charge on any atom is -0.381 e. The number of nitrogens with zero attached hydrogens (tertiary/aromatic N) is 2. The molecule has 3 nitrogen and oxygen atoms in total. The van der Waals surface area contributed by atoms with Crippen LogP contribution < -0.4 is 0 Å². The Bertz CT molecular complexity index is 612. The highest BCUT2D eigenvalue weighted by Gasteiger charge is 2.00. The van der Waals surface area contributed by atoms with Crippen LogP contribution in [0.2, 0.25) is 0 Å². The third-order valence-electron chi connectivity index (χ3n) is 11.1. The Balaban J connectivity index is 3.17. The minimum absolute atomic E-state index is 0.976. The molecule has 0 spiro atoms. The molecule has 0 rings (SSSR count). The van der Waals surface area contributed by atoms with E-state index in [2.05, 4.69) is 61.8 Å². The molecule has 0 aromatic heterocycles. The average molecular weight is 717 g/mol. The molecule has 0 N–H and O–H groups in total. The van der Waals surface area contributed by atoms with Gasteiger partial charge in [-0.25, -0.2) is 0 Å². The second-order valence-corrected chi connectivity index (χ2v) is 15.7. The van der Waals surface area contributed by atoms with Crippen molar-refractivity contribution in [2.75, 3.05) is 52.5 Å². The Morgan fingerprint density at radius 3 is 0.745 bits per heavy atom. The summed E-state index contributed by atoms with van der Waals surface area (Å²) in [7, 11) is 0. The van der Waals surface area contributed by atoms with Crippen LogP contribution in [0.4, 0.5) is 0 Å². The zero-order chi connectivity index (χ0) is 37.0. The highest BCUT2D eigenvalue weighted by Crippen LogP contribution is 2.14. The third kappa shape index (κ3) is 42.0. The molecule has 0 aliphatic carbocycles. The van der Waals surface area contributed by atoms with Crippen LogP contribution >= 0.6 is 0 Å². The fourth-order valence-electron chi connectivity index (χ4n) is 7.32. The molecule has 0 saturated carbocycles. The molecule has 0 amide bonds. The van der Waals surface area contributed by atoms with Crippen molar-refractivity contribution < 1.29 is 4.74 Å². The van der Waals surface area contributed by atoms with E-state index >= 15 is 0 Å². The van der Waals surface area contributed by atoms with Crippen LogP contribution in [0.25, 0.3) is 0 Å². The summed E-state index contributed by atoms with van der Waals surface area (Å²) < 4.78 is 5.91. The van der Waals surface area contributed by atoms with Crippen LogP contribution in [0.5, 0.6) is 0 Å². The Morgan fingerprint density at radius 2 is 0.490 bits per heavy atom. The smallest absolute Gasteiger partial charge is 0.0466 e. The zero-order valence-corrected chi connectivity index (χ0v) is 35.9. The Labute approximate surface area is 323 Å². The number of allylic oxidation sites excluding steroid dienone is 4. The van der Waals surface area contributed by atoms with Gasteiger partial charge in [0.2, 0.25) is 0 Å². The normalized spacial score (nSPS) is 12.2. The largest absolute Gasteiger partial charge is 0.381 e. The Hall–Kier alpha value is -0.640. The van der Waals surface area contributed by atoms with E-state index in [1.54, 1.807) is 0 Å². The first-order valence-electron chi connectivity index (χ1n) is 23.6. The molecule has 0 saturated heterocycles. The van der Waals surface area contributed by atoms with Crippen LogP contribution in [0, 0.1) is 0 Å². The van der Waals surface area contributed by atoms with E-state index in [1.165, 1.54) is 245 Å². The summed E-state index contributed by atoms with van der Waals surface area (Å²) in [5.74, 6) is 0. The minimum atomic E-state index is 0.976. The molecule has 0 aromatic rings. The van der Waals surface area contributed by atoms with Crippen LogP contribution in [0.3, 0.4) is 0 Å². The molecule has 0 radical (unpaired) electrons. The van der Waals surface area contributed by atoms with Crippen LogP contribution in [-0.4, -0.2) is 62.3 Å². The lowest BCUT2D eigenvalue weighted by atomic mass is 10.1. The topological polar surface area (TPSA) is 15.7 Å². The third-order valence-corrected chi connectivity index (χ3v) is 11.1. The van der Waals surface area contributed by atoms with Crippen molar-refractivity contribution in [1.82, 2.24) is 9.80 Å². The summed E-state index contributed by atoms with van der Waals surface area (Å²) in [6, 6.07) is 0. The Morgan fingerprint density at radius 1 is 0.275 bits per heavy atom. The number of unbranched alkanes of at least 4 members (excludes halogenated alkanes) is 28. The van der Waals surface area contributed by atoms with Crippen molar-refractivity contribution in [3.8, 4) is 0 Å². The van der Waals surface area contributed by atoms with Crippen molar-refractivity contribution in [2.45, 2.75) is 233 Å². The highest BCUT2D eigenvalue weighted by atomic mass is 16.5. The summed E-state index contributed by atoms with van der Waals surface area (Å²) in [6.07, 6.45) is 54.0. The molecule has 304 valence electrons. The summed E-state index contributed by atoms with van der Waals surface area (Å²) in [5, 5.41) is 0. The van der Waals surface area contributed by atoms with E-state index in [0.29, 0.717) is 0 Å². The molecule has 0 aliphatic rings. The standard InChI is InChI=1S/C48H96N2O/c1-5-49(6-2)45-41-37-33-29-25-21-17-13-9-11-15-19-23-27-31-35-39-43-47-51-48-44-40-36-32-28-24-20-16-12-10-14-18-22-26-30-34-38-42-46-50(7-3)8-4/h11-12,15-16H,5-10,13-14,17-48H2,1-4H3. The Kier molecular flexibility index (Phi) is 44.9. The van der Waals surface area contributed by atoms with E-state index in [4.69, 9.17) is 4.74 Å². The van der Waals surface area contributed by atoms with E-state index in [0.717, 1.165) is 13.2 Å². The van der Waals surface area contributed by atoms with Gasteiger partial charge in [0.05, 0.1) is 0 Å². The average Bonchev–Trinajstić information content (AvgIpc) is 3.15. The van der Waals surface area contributed by atoms with E-state index < -0.39 is 0 Å². The molecule has 0 heterocycles. The molecule has 0 aromatic carbocycles. The molecule has 0 fully saturated rings. The van der Waals surface area contributed by atoms with E-state index in [1.807, 2.05) is 0 Å². The van der Waals surface area contributed by atoms with Gasteiger partial charge in [0.1, 0.15) is 0 Å². The summed E-state index contributed by atoms with van der Waals surface area (Å²) in [4.78, 5) is 5.10. The van der Waals surface area contributed by atoms with Gasteiger partial charge in [-0.1, -0.05) is 180 Å². The summed E-state index contributed by atoms with van der Waals surface area (Å²) >= 11 is 0. The van der Waals surface area contributed by atoms with E-state index in [9.17, 15) is 0 Å². The fourth-order valence-corrected chi connectivity index (χ4v) is 7.32. The maximum atomic E-state index is 5.91. The molecular weight excluding hydrogens is 621 g/mol. The lowest BCUT2D eigenvalue weighted by Gasteiger charge is -2.17. The first-order valence-corrected chi connectivity index (χ1v) is 23.6. The van der Waals surface area contributed by atoms with E-state index in [-0.39, 0.29) is 0 Å². The second kappa shape index (κ2) is 45.5. The van der Waals surface area contributed by atoms with Crippen LogP contribution in [0.1, 0.15) is 233 Å². The molecule has 0 unspecified atom stereocenters. The molecule has 0 atom stereocenters. The van der Waals surface area contributed by atoms with Crippen molar-refractivity contribution in [1.29, 1.82) is 0 Å². The van der Waals surface area contributed by atoms with Crippen LogP contribution in [-0.2, 0) is 4.74 Å². The monoisotopic (exact) mass is 717 g/mol. The van der Waals surface area contributed by atoms with Gasteiger partial charge in [-0.3, -0.25) is 0 Å². The first-order chi connectivity index (χ1) is 25.3. The van der Waals surface area contributed by atoms with Gasteiger partial charge in [0.25, 0.3) is 0 Å². The molecule has 0 aliphatic heterocycles.